The van der Waals surface area contributed by atoms with E-state index in [0.717, 1.165) is 12.8 Å². The van der Waals surface area contributed by atoms with E-state index in [-0.39, 0.29) is 6.54 Å². The minimum atomic E-state index is -0.820. The minimum Gasteiger partial charge on any atom is -0.480 e. The monoisotopic (exact) mass is 215 g/mol. The van der Waals surface area contributed by atoms with Crippen LogP contribution >= 0.6 is 0 Å². The largest absolute Gasteiger partial charge is 0.480 e. The number of piperidine rings is 1. The van der Waals surface area contributed by atoms with Crippen molar-refractivity contribution in [2.24, 2.45) is 0 Å². The van der Waals surface area contributed by atoms with Crippen molar-refractivity contribution in [2.45, 2.75) is 31.0 Å². The van der Waals surface area contributed by atoms with Crippen molar-refractivity contribution in [3.8, 4) is 0 Å². The molecule has 2 atom stereocenters. The highest BCUT2D eigenvalue weighted by Gasteiger charge is 2.46. The molecule has 2 fully saturated rings. The molecule has 2 aliphatic heterocycles. The summed E-state index contributed by atoms with van der Waals surface area (Å²) in [7, 11) is 0. The molecule has 0 saturated carbocycles. The first kappa shape index (κ1) is 10.9. The van der Waals surface area contributed by atoms with Gasteiger partial charge in [-0.25, -0.2) is 0 Å². The number of carboxylic acid groups (broad SMARTS) is 1. The van der Waals surface area contributed by atoms with Crippen LogP contribution in [-0.4, -0.2) is 59.0 Å². The fourth-order valence-electron chi connectivity index (χ4n) is 2.56. The zero-order chi connectivity index (χ0) is 10.9. The third-order valence-corrected chi connectivity index (χ3v) is 3.31. The molecule has 2 N–H and O–H groups in total. The zero-order valence-electron chi connectivity index (χ0n) is 8.69. The number of carboxylic acids is 1. The van der Waals surface area contributed by atoms with Gasteiger partial charge in [-0.1, -0.05) is 0 Å². The summed E-state index contributed by atoms with van der Waals surface area (Å²) in [6.45, 7) is 1.90. The normalized spacial score (nSPS) is 37.3. The van der Waals surface area contributed by atoms with Crippen molar-refractivity contribution in [3.63, 3.8) is 0 Å². The molecule has 0 aliphatic carbocycles. The first-order chi connectivity index (χ1) is 7.12. The quantitative estimate of drug-likeness (QED) is 0.661. The summed E-state index contributed by atoms with van der Waals surface area (Å²) in [5, 5.41) is 18.6. The van der Waals surface area contributed by atoms with Gasteiger partial charge in [0.15, 0.2) is 0 Å². The molecule has 2 aliphatic rings. The molecule has 15 heavy (non-hydrogen) atoms. The van der Waals surface area contributed by atoms with Gasteiger partial charge in [0.2, 0.25) is 0 Å². The lowest BCUT2D eigenvalue weighted by Gasteiger charge is -2.42. The maximum Gasteiger partial charge on any atom is 0.317 e. The van der Waals surface area contributed by atoms with E-state index in [1.165, 1.54) is 0 Å². The standard InChI is InChI=1S/C10H17NO4/c12-8-2-4-11(6-9(13)14)7-10(8)3-1-5-15-10/h8,12H,1-7H2,(H,13,14)/t8-,10-/m0/s1. The summed E-state index contributed by atoms with van der Waals surface area (Å²) in [4.78, 5) is 12.5. The average molecular weight is 215 g/mol. The lowest BCUT2D eigenvalue weighted by molar-refractivity contribution is -0.148. The molecule has 2 saturated heterocycles. The Bertz CT molecular complexity index is 250. The van der Waals surface area contributed by atoms with E-state index in [0.29, 0.717) is 26.1 Å². The number of likely N-dealkylation sites (tertiary alicyclic amines) is 1. The molecule has 1 spiro atoms. The van der Waals surface area contributed by atoms with Crippen LogP contribution in [0.15, 0.2) is 0 Å². The van der Waals surface area contributed by atoms with Crippen LogP contribution in [0.3, 0.4) is 0 Å². The Hall–Kier alpha value is -0.650. The second kappa shape index (κ2) is 4.08. The Morgan fingerprint density at radius 3 is 3.00 bits per heavy atom. The van der Waals surface area contributed by atoms with Gasteiger partial charge in [-0.2, -0.15) is 0 Å². The molecule has 0 aromatic carbocycles. The summed E-state index contributed by atoms with van der Waals surface area (Å²) in [6, 6.07) is 0. The molecule has 5 nitrogen and oxygen atoms in total. The predicted octanol–water partition coefficient (Wildman–Crippen LogP) is -0.313. The number of ether oxygens (including phenoxy) is 1. The van der Waals surface area contributed by atoms with Crippen LogP contribution in [-0.2, 0) is 9.53 Å². The zero-order valence-corrected chi connectivity index (χ0v) is 8.69. The minimum absolute atomic E-state index is 0.0395. The number of hydrogen-bond acceptors (Lipinski definition) is 4. The molecule has 0 aromatic heterocycles. The van der Waals surface area contributed by atoms with Crippen LogP contribution < -0.4 is 0 Å². The van der Waals surface area contributed by atoms with E-state index >= 15 is 0 Å². The SMILES string of the molecule is O=C(O)CN1CC[C@H](O)[C@]2(CCCO2)C1. The molecular weight excluding hydrogens is 198 g/mol. The first-order valence-corrected chi connectivity index (χ1v) is 5.38. The van der Waals surface area contributed by atoms with Crippen molar-refractivity contribution in [1.29, 1.82) is 0 Å². The number of carbonyl (C=O) groups is 1. The molecule has 2 rings (SSSR count). The molecule has 86 valence electrons. The maximum atomic E-state index is 10.6. The van der Waals surface area contributed by atoms with E-state index in [1.54, 1.807) is 0 Å². The predicted molar refractivity (Wildman–Crippen MR) is 52.6 cm³/mol. The summed E-state index contributed by atoms with van der Waals surface area (Å²) in [5.74, 6) is -0.820. The van der Waals surface area contributed by atoms with E-state index in [1.807, 2.05) is 4.90 Å². The number of aliphatic hydroxyl groups is 1. The molecular formula is C10H17NO4. The van der Waals surface area contributed by atoms with Gasteiger partial charge in [-0.3, -0.25) is 9.69 Å². The number of nitrogens with zero attached hydrogens (tertiary/aromatic N) is 1. The number of rotatable bonds is 2. The van der Waals surface area contributed by atoms with Crippen molar-refractivity contribution in [1.82, 2.24) is 4.90 Å². The third-order valence-electron chi connectivity index (χ3n) is 3.31. The Morgan fingerprint density at radius 1 is 1.60 bits per heavy atom. The van der Waals surface area contributed by atoms with Gasteiger partial charge in [0.05, 0.1) is 12.6 Å². The van der Waals surface area contributed by atoms with Gasteiger partial charge in [0.1, 0.15) is 5.60 Å². The van der Waals surface area contributed by atoms with Gasteiger partial charge in [-0.15, -0.1) is 0 Å². The molecule has 0 bridgehead atoms. The van der Waals surface area contributed by atoms with Crippen molar-refractivity contribution in [3.05, 3.63) is 0 Å². The lowest BCUT2D eigenvalue weighted by atomic mass is 9.87. The number of aliphatic hydroxyl groups excluding tert-OH is 1. The summed E-state index contributed by atoms with van der Waals surface area (Å²) in [5.41, 5.74) is -0.492. The number of hydrogen-bond donors (Lipinski definition) is 2. The van der Waals surface area contributed by atoms with E-state index in [9.17, 15) is 9.90 Å². The fraction of sp³-hybridized carbons (Fsp3) is 0.900. The van der Waals surface area contributed by atoms with Crippen molar-refractivity contribution < 1.29 is 19.7 Å². The second-order valence-corrected chi connectivity index (χ2v) is 4.43. The van der Waals surface area contributed by atoms with Gasteiger partial charge < -0.3 is 14.9 Å². The highest BCUT2D eigenvalue weighted by atomic mass is 16.5. The number of aliphatic carboxylic acids is 1. The smallest absolute Gasteiger partial charge is 0.317 e. The fourth-order valence-corrected chi connectivity index (χ4v) is 2.56. The lowest BCUT2D eigenvalue weighted by Crippen LogP contribution is -2.57. The molecule has 5 heteroatoms. The highest BCUT2D eigenvalue weighted by Crippen LogP contribution is 2.34. The molecule has 0 amide bonds. The van der Waals surface area contributed by atoms with Crippen LogP contribution in [0.1, 0.15) is 19.3 Å². The third kappa shape index (κ3) is 2.14. The highest BCUT2D eigenvalue weighted by molar-refractivity contribution is 5.69. The second-order valence-electron chi connectivity index (χ2n) is 4.43. The van der Waals surface area contributed by atoms with Crippen molar-refractivity contribution >= 4 is 5.97 Å². The summed E-state index contributed by atoms with van der Waals surface area (Å²) >= 11 is 0. The van der Waals surface area contributed by atoms with Crippen LogP contribution in [0.5, 0.6) is 0 Å². The van der Waals surface area contributed by atoms with Crippen molar-refractivity contribution in [2.75, 3.05) is 26.2 Å². The molecule has 0 unspecified atom stereocenters. The summed E-state index contributed by atoms with van der Waals surface area (Å²) in [6.07, 6.45) is 1.96. The van der Waals surface area contributed by atoms with Crippen LogP contribution in [0.2, 0.25) is 0 Å². The van der Waals surface area contributed by atoms with Gasteiger partial charge in [0.25, 0.3) is 0 Å². The molecule has 0 radical (unpaired) electrons. The van der Waals surface area contributed by atoms with Gasteiger partial charge >= 0.3 is 5.97 Å². The Kier molecular flexibility index (Phi) is 2.95. The molecule has 2 heterocycles. The van der Waals surface area contributed by atoms with E-state index in [2.05, 4.69) is 0 Å². The first-order valence-electron chi connectivity index (χ1n) is 5.38. The topological polar surface area (TPSA) is 70.0 Å². The Labute approximate surface area is 88.6 Å². The summed E-state index contributed by atoms with van der Waals surface area (Å²) < 4.78 is 5.62. The van der Waals surface area contributed by atoms with E-state index in [4.69, 9.17) is 9.84 Å². The average Bonchev–Trinajstić information content (AvgIpc) is 2.60. The van der Waals surface area contributed by atoms with Crippen LogP contribution in [0, 0.1) is 0 Å². The van der Waals surface area contributed by atoms with E-state index < -0.39 is 17.7 Å². The molecule has 0 aromatic rings. The Morgan fingerprint density at radius 2 is 2.40 bits per heavy atom. The van der Waals surface area contributed by atoms with Crippen LogP contribution in [0.25, 0.3) is 0 Å². The van der Waals surface area contributed by atoms with Crippen LogP contribution in [0.4, 0.5) is 0 Å². The maximum absolute atomic E-state index is 10.6. The Balaban J connectivity index is 2.00. The van der Waals surface area contributed by atoms with Gasteiger partial charge in [-0.05, 0) is 19.3 Å². The van der Waals surface area contributed by atoms with Gasteiger partial charge in [0, 0.05) is 19.7 Å².